The van der Waals surface area contributed by atoms with Crippen molar-refractivity contribution in [1.29, 1.82) is 0 Å². The van der Waals surface area contributed by atoms with Gasteiger partial charge in [-0.2, -0.15) is 0 Å². The fraction of sp³-hybridized carbons (Fsp3) is 0.278. The highest BCUT2D eigenvalue weighted by molar-refractivity contribution is 9.11. The van der Waals surface area contributed by atoms with Crippen LogP contribution in [0.15, 0.2) is 33.2 Å². The molecule has 0 radical (unpaired) electrons. The number of carbonyl (C=O) groups is 1. The molecule has 138 valence electrons. The number of ketones is 1. The lowest BCUT2D eigenvalue weighted by atomic mass is 9.95. The Morgan fingerprint density at radius 1 is 1.00 bits per heavy atom. The number of carbonyl (C=O) groups excluding carboxylic acids is 1. The van der Waals surface area contributed by atoms with E-state index in [1.807, 2.05) is 6.07 Å². The van der Waals surface area contributed by atoms with Crippen LogP contribution in [0.25, 0.3) is 0 Å². The molecule has 0 bridgehead atoms. The zero-order valence-electron chi connectivity index (χ0n) is 14.1. The summed E-state index contributed by atoms with van der Waals surface area (Å²) in [5.74, 6) is 2.12. The van der Waals surface area contributed by atoms with Crippen molar-refractivity contribution in [3.05, 3.63) is 44.3 Å². The van der Waals surface area contributed by atoms with Crippen LogP contribution in [0.3, 0.4) is 0 Å². The van der Waals surface area contributed by atoms with Gasteiger partial charge in [-0.3, -0.25) is 4.79 Å². The summed E-state index contributed by atoms with van der Waals surface area (Å²) in [4.78, 5) is 12.4. The number of fused-ring (bicyclic) bond motifs is 1. The Kier molecular flexibility index (Phi) is 5.84. The van der Waals surface area contributed by atoms with Crippen LogP contribution in [0.1, 0.15) is 22.0 Å². The number of hydrogen-bond acceptors (Lipinski definition) is 5. The van der Waals surface area contributed by atoms with E-state index in [0.717, 1.165) is 5.56 Å². The Morgan fingerprint density at radius 3 is 2.31 bits per heavy atom. The van der Waals surface area contributed by atoms with Crippen LogP contribution in [0.5, 0.6) is 23.0 Å². The predicted octanol–water partition coefficient (Wildman–Crippen LogP) is 5.32. The van der Waals surface area contributed by atoms with Gasteiger partial charge in [0.15, 0.2) is 23.0 Å². The highest BCUT2D eigenvalue weighted by Gasteiger charge is 2.39. The first-order valence-electron chi connectivity index (χ1n) is 7.55. The number of ether oxygens (including phenoxy) is 4. The molecule has 1 aliphatic heterocycles. The van der Waals surface area contributed by atoms with Gasteiger partial charge >= 0.3 is 0 Å². The minimum atomic E-state index is -0.541. The summed E-state index contributed by atoms with van der Waals surface area (Å²) in [6, 6.07) is 7.15. The maximum Gasteiger partial charge on any atom is 0.184 e. The van der Waals surface area contributed by atoms with Gasteiger partial charge in [-0.05, 0) is 55.6 Å². The third kappa shape index (κ3) is 3.23. The Labute approximate surface area is 176 Å². The summed E-state index contributed by atoms with van der Waals surface area (Å²) in [5.41, 5.74) is 1.26. The summed E-state index contributed by atoms with van der Waals surface area (Å²) in [7, 11) is 4.69. The van der Waals surface area contributed by atoms with E-state index in [9.17, 15) is 4.79 Å². The molecule has 0 aromatic heterocycles. The minimum absolute atomic E-state index is 0.0740. The van der Waals surface area contributed by atoms with Crippen LogP contribution in [0, 0.1) is 0 Å². The summed E-state index contributed by atoms with van der Waals surface area (Å²) < 4.78 is 23.5. The molecule has 0 saturated carbocycles. The van der Waals surface area contributed by atoms with Gasteiger partial charge in [0.25, 0.3) is 0 Å². The number of hydrogen-bond donors (Lipinski definition) is 0. The molecule has 5 nitrogen and oxygen atoms in total. The zero-order valence-corrected chi connectivity index (χ0v) is 18.9. The van der Waals surface area contributed by atoms with E-state index in [0.29, 0.717) is 37.5 Å². The van der Waals surface area contributed by atoms with E-state index in [1.165, 1.54) is 0 Å². The van der Waals surface area contributed by atoms with Gasteiger partial charge in [-0.15, -0.1) is 0 Å². The second kappa shape index (κ2) is 7.78. The first-order valence-corrected chi connectivity index (χ1v) is 10.1. The summed E-state index contributed by atoms with van der Waals surface area (Å²) in [5, 5.41) is 0. The normalized spacial score (nSPS) is 18.8. The maximum atomic E-state index is 12.9. The van der Waals surface area contributed by atoms with Gasteiger partial charge < -0.3 is 18.9 Å². The molecule has 0 aliphatic carbocycles. The van der Waals surface area contributed by atoms with Gasteiger partial charge in [-0.1, -0.05) is 22.0 Å². The lowest BCUT2D eigenvalue weighted by Gasteiger charge is -2.31. The van der Waals surface area contributed by atoms with Gasteiger partial charge in [0.2, 0.25) is 0 Å². The second-order valence-electron chi connectivity index (χ2n) is 5.50. The van der Waals surface area contributed by atoms with Gasteiger partial charge in [0, 0.05) is 0 Å². The first-order chi connectivity index (χ1) is 12.4. The molecule has 0 fully saturated rings. The summed E-state index contributed by atoms with van der Waals surface area (Å²) >= 11 is 10.4. The number of benzene rings is 2. The second-order valence-corrected chi connectivity index (χ2v) is 8.14. The Hall–Kier alpha value is -1.25. The average molecular weight is 551 g/mol. The topological polar surface area (TPSA) is 54.0 Å². The number of halogens is 3. The third-order valence-electron chi connectivity index (χ3n) is 4.10. The van der Waals surface area contributed by atoms with Gasteiger partial charge in [0.05, 0.1) is 31.4 Å². The third-order valence-corrected chi connectivity index (χ3v) is 6.30. The fourth-order valence-corrected chi connectivity index (χ4v) is 5.01. The molecule has 2 aromatic carbocycles. The molecule has 3 rings (SSSR count). The molecule has 0 N–H and O–H groups in total. The van der Waals surface area contributed by atoms with Crippen molar-refractivity contribution in [2.75, 3.05) is 21.3 Å². The van der Waals surface area contributed by atoms with E-state index < -0.39 is 10.9 Å². The lowest BCUT2D eigenvalue weighted by Crippen LogP contribution is -2.32. The molecule has 8 heteroatoms. The molecule has 0 amide bonds. The Bertz CT molecular complexity index is 868. The summed E-state index contributed by atoms with van der Waals surface area (Å²) in [6.07, 6.45) is -0.531. The largest absolute Gasteiger partial charge is 0.494 e. The van der Waals surface area contributed by atoms with Crippen molar-refractivity contribution in [3.63, 3.8) is 0 Å². The first kappa shape index (κ1) is 19.5. The molecular formula is C18H15Br3O5. The Balaban J connectivity index is 2.09. The minimum Gasteiger partial charge on any atom is -0.494 e. The highest BCUT2D eigenvalue weighted by Crippen LogP contribution is 2.49. The summed E-state index contributed by atoms with van der Waals surface area (Å²) in [6.45, 7) is 0. The van der Waals surface area contributed by atoms with Crippen molar-refractivity contribution in [2.24, 2.45) is 0 Å². The molecule has 2 unspecified atom stereocenters. The average Bonchev–Trinajstić information content (AvgIpc) is 2.65. The molecule has 26 heavy (non-hydrogen) atoms. The molecule has 0 saturated heterocycles. The lowest BCUT2D eigenvalue weighted by molar-refractivity contribution is 0.0870. The van der Waals surface area contributed by atoms with Crippen LogP contribution in [0.4, 0.5) is 0 Å². The van der Waals surface area contributed by atoms with Gasteiger partial charge in [0.1, 0.15) is 21.2 Å². The molecule has 2 aromatic rings. The number of rotatable bonds is 4. The van der Waals surface area contributed by atoms with Gasteiger partial charge in [-0.25, -0.2) is 0 Å². The quantitative estimate of drug-likeness (QED) is 0.483. The molecule has 2 atom stereocenters. The number of alkyl halides is 1. The van der Waals surface area contributed by atoms with Crippen molar-refractivity contribution >= 4 is 53.6 Å². The van der Waals surface area contributed by atoms with E-state index in [-0.39, 0.29) is 5.78 Å². The maximum absolute atomic E-state index is 12.9. The van der Waals surface area contributed by atoms with Crippen molar-refractivity contribution < 1.29 is 23.7 Å². The fourth-order valence-electron chi connectivity index (χ4n) is 2.81. The molecule has 1 aliphatic rings. The highest BCUT2D eigenvalue weighted by atomic mass is 79.9. The van der Waals surface area contributed by atoms with Crippen LogP contribution in [0.2, 0.25) is 0 Å². The van der Waals surface area contributed by atoms with Crippen LogP contribution < -0.4 is 18.9 Å². The van der Waals surface area contributed by atoms with Crippen molar-refractivity contribution in [1.82, 2.24) is 0 Å². The van der Waals surface area contributed by atoms with Crippen LogP contribution >= 0.6 is 47.8 Å². The number of Topliss-reactive ketones (excluding diaryl/α,β-unsaturated/α-hetero) is 1. The monoisotopic (exact) mass is 548 g/mol. The van der Waals surface area contributed by atoms with Crippen molar-refractivity contribution in [2.45, 2.75) is 10.9 Å². The predicted molar refractivity (Wildman–Crippen MR) is 108 cm³/mol. The molecular weight excluding hydrogens is 536 g/mol. The van der Waals surface area contributed by atoms with E-state index >= 15 is 0 Å². The van der Waals surface area contributed by atoms with Crippen LogP contribution in [-0.2, 0) is 0 Å². The van der Waals surface area contributed by atoms with E-state index in [4.69, 9.17) is 18.9 Å². The molecule has 1 heterocycles. The van der Waals surface area contributed by atoms with Crippen LogP contribution in [-0.4, -0.2) is 31.9 Å². The molecule has 0 spiro atoms. The smallest absolute Gasteiger partial charge is 0.184 e. The SMILES string of the molecule is COc1ccc(C2Oc3c(cc(Br)c(OC)c3Br)C(=O)C2Br)cc1OC. The zero-order chi connectivity index (χ0) is 19.0. The Morgan fingerprint density at radius 2 is 1.69 bits per heavy atom. The van der Waals surface area contributed by atoms with E-state index in [2.05, 4.69) is 47.8 Å². The number of methoxy groups -OCH3 is 3. The standard InChI is InChI=1S/C18H15Br3O5/c1-23-11-5-4-8(6-12(11)24-2)16-13(20)15(22)9-7-10(19)18(25-3)14(21)17(9)26-16/h4-7,13,16H,1-3H3. The van der Waals surface area contributed by atoms with E-state index in [1.54, 1.807) is 39.5 Å². The van der Waals surface area contributed by atoms with Crippen molar-refractivity contribution in [3.8, 4) is 23.0 Å².